The van der Waals surface area contributed by atoms with Gasteiger partial charge in [-0.25, -0.2) is 4.39 Å². The number of halogens is 2. The van der Waals surface area contributed by atoms with Gasteiger partial charge in [-0.2, -0.15) is 0 Å². The Balaban J connectivity index is 2.56. The molecular formula is C9H7ClFN3O. The van der Waals surface area contributed by atoms with Crippen LogP contribution in [0.25, 0.3) is 5.69 Å². The summed E-state index contributed by atoms with van der Waals surface area (Å²) in [6.45, 7) is 0. The van der Waals surface area contributed by atoms with E-state index in [1.165, 1.54) is 36.2 Å². The van der Waals surface area contributed by atoms with Crippen LogP contribution in [-0.4, -0.2) is 21.9 Å². The lowest BCUT2D eigenvalue weighted by atomic mass is 10.3. The summed E-state index contributed by atoms with van der Waals surface area (Å²) in [7, 11) is 1.50. The van der Waals surface area contributed by atoms with Crippen LogP contribution in [0, 0.1) is 5.82 Å². The Labute approximate surface area is 90.3 Å². The molecule has 0 N–H and O–H groups in total. The molecule has 1 aromatic carbocycles. The predicted molar refractivity (Wildman–Crippen MR) is 52.9 cm³/mol. The van der Waals surface area contributed by atoms with Crippen LogP contribution in [0.15, 0.2) is 24.5 Å². The first-order valence-corrected chi connectivity index (χ1v) is 4.49. The van der Waals surface area contributed by atoms with Gasteiger partial charge in [-0.3, -0.25) is 4.57 Å². The minimum atomic E-state index is -0.419. The molecule has 0 saturated heterocycles. The number of rotatable bonds is 2. The quantitative estimate of drug-likeness (QED) is 0.789. The molecule has 0 saturated carbocycles. The molecule has 0 aliphatic carbocycles. The SMILES string of the molecule is COc1ccc(F)c(-n2cnnc2Cl)c1. The average Bonchev–Trinajstić information content (AvgIpc) is 2.65. The van der Waals surface area contributed by atoms with E-state index >= 15 is 0 Å². The minimum Gasteiger partial charge on any atom is -0.497 e. The van der Waals surface area contributed by atoms with Crippen molar-refractivity contribution in [2.45, 2.75) is 0 Å². The van der Waals surface area contributed by atoms with Crippen LogP contribution in [0.4, 0.5) is 4.39 Å². The molecular weight excluding hydrogens is 221 g/mol. The van der Waals surface area contributed by atoms with Gasteiger partial charge in [-0.15, -0.1) is 10.2 Å². The van der Waals surface area contributed by atoms with Gasteiger partial charge in [0.15, 0.2) is 0 Å². The summed E-state index contributed by atoms with van der Waals surface area (Å²) in [4.78, 5) is 0. The van der Waals surface area contributed by atoms with E-state index in [0.29, 0.717) is 5.75 Å². The van der Waals surface area contributed by atoms with Gasteiger partial charge in [0.2, 0.25) is 5.28 Å². The molecule has 0 aliphatic heterocycles. The minimum absolute atomic E-state index is 0.0992. The van der Waals surface area contributed by atoms with E-state index in [0.717, 1.165) is 0 Å². The highest BCUT2D eigenvalue weighted by atomic mass is 35.5. The first-order valence-electron chi connectivity index (χ1n) is 4.12. The Kier molecular flexibility index (Phi) is 2.55. The molecule has 2 rings (SSSR count). The zero-order chi connectivity index (χ0) is 10.8. The predicted octanol–water partition coefficient (Wildman–Crippen LogP) is 2.07. The van der Waals surface area contributed by atoms with Crippen molar-refractivity contribution in [3.8, 4) is 11.4 Å². The Morgan fingerprint density at radius 2 is 2.27 bits per heavy atom. The second kappa shape index (κ2) is 3.86. The smallest absolute Gasteiger partial charge is 0.229 e. The molecule has 1 heterocycles. The Bertz CT molecular complexity index is 486. The topological polar surface area (TPSA) is 39.9 Å². The van der Waals surface area contributed by atoms with E-state index in [1.54, 1.807) is 0 Å². The van der Waals surface area contributed by atoms with Gasteiger partial charge >= 0.3 is 0 Å². The Hall–Kier alpha value is -1.62. The maximum absolute atomic E-state index is 13.5. The summed E-state index contributed by atoms with van der Waals surface area (Å²) >= 11 is 5.72. The highest BCUT2D eigenvalue weighted by molar-refractivity contribution is 6.28. The Morgan fingerprint density at radius 3 is 2.87 bits per heavy atom. The van der Waals surface area contributed by atoms with Crippen molar-refractivity contribution in [3.05, 3.63) is 35.6 Å². The van der Waals surface area contributed by atoms with Gasteiger partial charge in [-0.1, -0.05) is 0 Å². The molecule has 2 aromatic rings. The standard InChI is InChI=1S/C9H7ClFN3O/c1-15-6-2-3-7(11)8(4-6)14-5-12-13-9(14)10/h2-5H,1H3. The highest BCUT2D eigenvalue weighted by Crippen LogP contribution is 2.22. The van der Waals surface area contributed by atoms with Crippen LogP contribution in [0.3, 0.4) is 0 Å². The molecule has 0 atom stereocenters. The van der Waals surface area contributed by atoms with E-state index in [-0.39, 0.29) is 11.0 Å². The van der Waals surface area contributed by atoms with Crippen LogP contribution in [0.2, 0.25) is 5.28 Å². The molecule has 0 unspecified atom stereocenters. The van der Waals surface area contributed by atoms with Gasteiger partial charge in [0.25, 0.3) is 0 Å². The second-order valence-corrected chi connectivity index (χ2v) is 3.13. The summed E-state index contributed by atoms with van der Waals surface area (Å²) in [5.41, 5.74) is 0.254. The lowest BCUT2D eigenvalue weighted by Crippen LogP contribution is -1.97. The zero-order valence-corrected chi connectivity index (χ0v) is 8.57. The lowest BCUT2D eigenvalue weighted by molar-refractivity contribution is 0.413. The van der Waals surface area contributed by atoms with Crippen molar-refractivity contribution in [3.63, 3.8) is 0 Å². The van der Waals surface area contributed by atoms with Crippen LogP contribution in [0.5, 0.6) is 5.75 Å². The fourth-order valence-corrected chi connectivity index (χ4v) is 1.36. The molecule has 0 amide bonds. The monoisotopic (exact) mass is 227 g/mol. The molecule has 0 spiro atoms. The van der Waals surface area contributed by atoms with Gasteiger partial charge in [0.05, 0.1) is 12.8 Å². The largest absolute Gasteiger partial charge is 0.497 e. The lowest BCUT2D eigenvalue weighted by Gasteiger charge is -2.06. The number of ether oxygens (including phenoxy) is 1. The number of hydrogen-bond acceptors (Lipinski definition) is 3. The maximum Gasteiger partial charge on any atom is 0.229 e. The number of hydrogen-bond donors (Lipinski definition) is 0. The second-order valence-electron chi connectivity index (χ2n) is 2.79. The third kappa shape index (κ3) is 1.78. The summed E-state index contributed by atoms with van der Waals surface area (Å²) in [5.74, 6) is 0.119. The fraction of sp³-hybridized carbons (Fsp3) is 0.111. The summed E-state index contributed by atoms with van der Waals surface area (Å²) in [6, 6.07) is 4.34. The van der Waals surface area contributed by atoms with E-state index in [4.69, 9.17) is 16.3 Å². The van der Waals surface area contributed by atoms with Gasteiger partial charge < -0.3 is 4.74 Å². The average molecular weight is 228 g/mol. The van der Waals surface area contributed by atoms with Crippen molar-refractivity contribution < 1.29 is 9.13 Å². The van der Waals surface area contributed by atoms with E-state index < -0.39 is 5.82 Å². The molecule has 1 aromatic heterocycles. The molecule has 15 heavy (non-hydrogen) atoms. The van der Waals surface area contributed by atoms with Crippen molar-refractivity contribution in [2.75, 3.05) is 7.11 Å². The number of nitrogens with zero attached hydrogens (tertiary/aromatic N) is 3. The maximum atomic E-state index is 13.5. The summed E-state index contributed by atoms with van der Waals surface area (Å²) < 4.78 is 19.8. The van der Waals surface area contributed by atoms with E-state index in [9.17, 15) is 4.39 Å². The van der Waals surface area contributed by atoms with Gasteiger partial charge in [0.1, 0.15) is 17.9 Å². The molecule has 0 fully saturated rings. The summed E-state index contributed by atoms with van der Waals surface area (Å²) in [5, 5.41) is 7.23. The first kappa shape index (κ1) is 9.92. The van der Waals surface area contributed by atoms with Crippen molar-refractivity contribution in [1.29, 1.82) is 0 Å². The third-order valence-corrected chi connectivity index (χ3v) is 2.18. The number of aromatic nitrogens is 3. The highest BCUT2D eigenvalue weighted by Gasteiger charge is 2.09. The van der Waals surface area contributed by atoms with Crippen LogP contribution in [-0.2, 0) is 0 Å². The number of methoxy groups -OCH3 is 1. The Morgan fingerprint density at radius 1 is 1.47 bits per heavy atom. The third-order valence-electron chi connectivity index (χ3n) is 1.92. The van der Waals surface area contributed by atoms with Crippen LogP contribution in [0.1, 0.15) is 0 Å². The zero-order valence-electron chi connectivity index (χ0n) is 7.82. The van der Waals surface area contributed by atoms with Crippen molar-refractivity contribution in [2.24, 2.45) is 0 Å². The van der Waals surface area contributed by atoms with Gasteiger partial charge in [0, 0.05) is 6.07 Å². The number of benzene rings is 1. The van der Waals surface area contributed by atoms with Crippen LogP contribution >= 0.6 is 11.6 Å². The molecule has 0 aliphatic rings. The molecule has 0 radical (unpaired) electrons. The van der Waals surface area contributed by atoms with Crippen molar-refractivity contribution >= 4 is 11.6 Å². The molecule has 4 nitrogen and oxygen atoms in total. The van der Waals surface area contributed by atoms with Crippen molar-refractivity contribution in [1.82, 2.24) is 14.8 Å². The van der Waals surface area contributed by atoms with Crippen LogP contribution < -0.4 is 4.74 Å². The molecule has 78 valence electrons. The molecule has 0 bridgehead atoms. The molecule has 6 heteroatoms. The first-order chi connectivity index (χ1) is 7.22. The summed E-state index contributed by atoms with van der Waals surface area (Å²) in [6.07, 6.45) is 1.33. The fourth-order valence-electron chi connectivity index (χ4n) is 1.19. The van der Waals surface area contributed by atoms with E-state index in [1.807, 2.05) is 0 Å². The van der Waals surface area contributed by atoms with E-state index in [2.05, 4.69) is 10.2 Å². The normalized spacial score (nSPS) is 10.3. The van der Waals surface area contributed by atoms with Gasteiger partial charge in [-0.05, 0) is 23.7 Å².